The average molecular weight is 271 g/mol. The number of fused-ring (bicyclic) bond motifs is 1. The molecule has 0 aromatic heterocycles. The number of nitrogens with zero attached hydrogens (tertiary/aromatic N) is 1. The van der Waals surface area contributed by atoms with E-state index in [4.69, 9.17) is 14.9 Å². The maximum absolute atomic E-state index is 11.1. The molecule has 1 amide bonds. The van der Waals surface area contributed by atoms with Crippen molar-refractivity contribution >= 4 is 11.9 Å². The van der Waals surface area contributed by atoms with E-state index in [1.54, 1.807) is 0 Å². The number of β-lactam (4-membered cyclic amide) rings is 1. The summed E-state index contributed by atoms with van der Waals surface area (Å²) in [5, 5.41) is 17.5. The Morgan fingerprint density at radius 2 is 1.94 bits per heavy atom. The van der Waals surface area contributed by atoms with Crippen LogP contribution >= 0.6 is 0 Å². The molecule has 2 heterocycles. The first-order valence-electron chi connectivity index (χ1n) is 4.16. The van der Waals surface area contributed by atoms with Crippen LogP contribution in [0.4, 0.5) is 0 Å². The molecule has 18 heavy (non-hydrogen) atoms. The highest BCUT2D eigenvalue weighted by Crippen LogP contribution is 2.36. The third-order valence-electron chi connectivity index (χ3n) is 2.29. The second-order valence-electron chi connectivity index (χ2n) is 3.11. The Morgan fingerprint density at radius 3 is 2.33 bits per heavy atom. The highest BCUT2D eigenvalue weighted by Gasteiger charge is 2.53. The first-order valence-corrected chi connectivity index (χ1v) is 4.16. The fraction of sp³-hybridized carbons (Fsp3) is 0.500. The zero-order chi connectivity index (χ0) is 10.3. The Bertz CT molecular complexity index is 329. The molecule has 2 atom stereocenters. The number of amides is 1. The van der Waals surface area contributed by atoms with Crippen molar-refractivity contribution in [1.29, 1.82) is 0 Å². The molecule has 0 radical (unpaired) electrons. The molecule has 2 rings (SSSR count). The van der Waals surface area contributed by atoms with E-state index in [1.807, 2.05) is 0 Å². The van der Waals surface area contributed by atoms with Crippen LogP contribution in [0.15, 0.2) is 11.8 Å². The number of rotatable bonds is 2. The average Bonchev–Trinajstić information content (AvgIpc) is 2.39. The number of carbonyl (C=O) groups is 2. The zero-order valence-electron chi connectivity index (χ0n) is 9.21. The van der Waals surface area contributed by atoms with Crippen molar-refractivity contribution in [3.8, 4) is 0 Å². The summed E-state index contributed by atoms with van der Waals surface area (Å²) in [6.07, 6.45) is 1.03. The van der Waals surface area contributed by atoms with Crippen LogP contribution in [0.25, 0.3) is 0 Å². The maximum Gasteiger partial charge on any atom is 0.334 e. The Labute approximate surface area is 101 Å². The Hall–Kier alpha value is -1.72. The smallest absolute Gasteiger partial charge is 0.334 e. The highest BCUT2D eigenvalue weighted by molar-refractivity contribution is 5.91. The summed E-state index contributed by atoms with van der Waals surface area (Å²) in [6, 6.07) is -1.06. The number of aliphatic carboxylic acids is 1. The van der Waals surface area contributed by atoms with Crippen molar-refractivity contribution in [2.45, 2.75) is 18.7 Å². The fourth-order valence-corrected chi connectivity index (χ4v) is 1.66. The van der Waals surface area contributed by atoms with E-state index in [0.717, 1.165) is 0 Å². The predicted octanol–water partition coefficient (Wildman–Crippen LogP) is -4.39. The van der Waals surface area contributed by atoms with E-state index in [0.29, 0.717) is 0 Å². The highest BCUT2D eigenvalue weighted by atomic mass is 16.5. The number of aliphatic hydroxyl groups excluding tert-OH is 1. The SMILES string of the molecule is O.O.O.O.O=C(O)[C@H]1/C(=C/CO)O[C@@H]2CC(=O)N21. The van der Waals surface area contributed by atoms with Gasteiger partial charge in [-0.25, -0.2) is 4.79 Å². The Morgan fingerprint density at radius 1 is 1.39 bits per heavy atom. The fourth-order valence-electron chi connectivity index (χ4n) is 1.66. The number of carboxylic acids is 1. The first kappa shape index (κ1) is 21.6. The van der Waals surface area contributed by atoms with Gasteiger partial charge in [-0.1, -0.05) is 0 Å². The second kappa shape index (κ2) is 7.58. The van der Waals surface area contributed by atoms with Crippen LogP contribution < -0.4 is 0 Å². The summed E-state index contributed by atoms with van der Waals surface area (Å²) in [5.74, 6) is -1.22. The quantitative estimate of drug-likeness (QED) is 0.474. The van der Waals surface area contributed by atoms with Gasteiger partial charge in [0.25, 0.3) is 0 Å². The van der Waals surface area contributed by atoms with Crippen LogP contribution in [0.2, 0.25) is 0 Å². The molecule has 108 valence electrons. The zero-order valence-corrected chi connectivity index (χ0v) is 9.21. The summed E-state index contributed by atoms with van der Waals surface area (Å²) in [5.41, 5.74) is 0. The molecule has 0 aliphatic carbocycles. The van der Waals surface area contributed by atoms with Gasteiger partial charge in [0.2, 0.25) is 5.91 Å². The number of carboxylic acid groups (broad SMARTS) is 1. The van der Waals surface area contributed by atoms with Crippen LogP contribution in [0.3, 0.4) is 0 Å². The van der Waals surface area contributed by atoms with Crippen molar-refractivity contribution in [3.05, 3.63) is 11.8 Å². The molecule has 0 spiro atoms. The summed E-state index contributed by atoms with van der Waals surface area (Å²) in [7, 11) is 0. The van der Waals surface area contributed by atoms with Crippen LogP contribution in [0.5, 0.6) is 0 Å². The van der Waals surface area contributed by atoms with E-state index in [9.17, 15) is 9.59 Å². The topological polar surface area (TPSA) is 213 Å². The monoisotopic (exact) mass is 271 g/mol. The van der Waals surface area contributed by atoms with E-state index < -0.39 is 18.2 Å². The molecule has 0 saturated carbocycles. The Kier molecular flexibility index (Phi) is 9.07. The van der Waals surface area contributed by atoms with Gasteiger partial charge in [-0.15, -0.1) is 0 Å². The van der Waals surface area contributed by atoms with E-state index in [1.165, 1.54) is 11.0 Å². The minimum absolute atomic E-state index is 0. The van der Waals surface area contributed by atoms with Crippen molar-refractivity contribution in [1.82, 2.24) is 4.90 Å². The van der Waals surface area contributed by atoms with Crippen LogP contribution in [0.1, 0.15) is 6.42 Å². The van der Waals surface area contributed by atoms with Crippen LogP contribution in [0, 0.1) is 0 Å². The van der Waals surface area contributed by atoms with E-state index in [-0.39, 0.29) is 46.6 Å². The Balaban J connectivity index is -0.000000562. The summed E-state index contributed by atoms with van der Waals surface area (Å²) < 4.78 is 5.17. The summed E-state index contributed by atoms with van der Waals surface area (Å²) in [4.78, 5) is 23.1. The number of aliphatic hydroxyl groups is 1. The standard InChI is InChI=1S/C8H9NO5.4H2O/c10-2-1-4-7(8(12)13)9-5(11)3-6(9)14-4;;;;/h1,6-7,10H,2-3H2,(H,12,13);4*1H2/b4-1-;;;;/t6-,7-;;;;/m1..../s1. The third-order valence-corrected chi connectivity index (χ3v) is 2.29. The van der Waals surface area contributed by atoms with Gasteiger partial charge in [-0.05, 0) is 6.08 Å². The summed E-state index contributed by atoms with van der Waals surface area (Å²) in [6.45, 7) is -0.298. The molecule has 10 heteroatoms. The molecule has 10 N–H and O–H groups in total. The van der Waals surface area contributed by atoms with Gasteiger partial charge in [0.15, 0.2) is 12.3 Å². The molecule has 0 unspecified atom stereocenters. The minimum atomic E-state index is -1.14. The van der Waals surface area contributed by atoms with Gasteiger partial charge >= 0.3 is 5.97 Å². The lowest BCUT2D eigenvalue weighted by atomic mass is 10.1. The van der Waals surface area contributed by atoms with Crippen LogP contribution in [-0.2, 0) is 14.3 Å². The molecular formula is C8H17NO9. The maximum atomic E-state index is 11.1. The van der Waals surface area contributed by atoms with Gasteiger partial charge < -0.3 is 36.9 Å². The lowest BCUT2D eigenvalue weighted by Gasteiger charge is -2.33. The van der Waals surface area contributed by atoms with Crippen molar-refractivity contribution in [3.63, 3.8) is 0 Å². The lowest BCUT2D eigenvalue weighted by molar-refractivity contribution is -0.163. The second-order valence-corrected chi connectivity index (χ2v) is 3.11. The number of ether oxygens (including phenoxy) is 1. The molecule has 2 saturated heterocycles. The molecule has 10 nitrogen and oxygen atoms in total. The normalized spacial score (nSPS) is 25.3. The number of hydrogen-bond acceptors (Lipinski definition) is 4. The number of hydrogen-bond donors (Lipinski definition) is 2. The van der Waals surface area contributed by atoms with Gasteiger partial charge in [0.05, 0.1) is 13.0 Å². The molecule has 0 bridgehead atoms. The van der Waals surface area contributed by atoms with Gasteiger partial charge in [-0.3, -0.25) is 9.69 Å². The third kappa shape index (κ3) is 2.94. The van der Waals surface area contributed by atoms with Crippen LogP contribution in [-0.4, -0.2) is 67.8 Å². The van der Waals surface area contributed by atoms with E-state index in [2.05, 4.69) is 0 Å². The van der Waals surface area contributed by atoms with Crippen molar-refractivity contribution in [2.24, 2.45) is 0 Å². The lowest BCUT2D eigenvalue weighted by Crippen LogP contribution is -2.54. The van der Waals surface area contributed by atoms with Crippen molar-refractivity contribution < 1.29 is 46.4 Å². The molecular weight excluding hydrogens is 254 g/mol. The summed E-state index contributed by atoms with van der Waals surface area (Å²) >= 11 is 0. The predicted molar refractivity (Wildman–Crippen MR) is 57.4 cm³/mol. The molecule has 2 aliphatic rings. The van der Waals surface area contributed by atoms with Crippen molar-refractivity contribution in [2.75, 3.05) is 6.61 Å². The first-order chi connectivity index (χ1) is 6.65. The largest absolute Gasteiger partial charge is 0.479 e. The molecule has 2 aliphatic heterocycles. The van der Waals surface area contributed by atoms with Gasteiger partial charge in [0.1, 0.15) is 5.76 Å². The minimum Gasteiger partial charge on any atom is -0.479 e. The molecule has 0 aromatic carbocycles. The molecule has 0 aromatic rings. The van der Waals surface area contributed by atoms with Gasteiger partial charge in [-0.2, -0.15) is 0 Å². The number of carbonyl (C=O) groups excluding carboxylic acids is 1. The van der Waals surface area contributed by atoms with Gasteiger partial charge in [0, 0.05) is 0 Å². The molecule has 2 fully saturated rings. The van der Waals surface area contributed by atoms with E-state index >= 15 is 0 Å².